The van der Waals surface area contributed by atoms with Crippen molar-refractivity contribution < 1.29 is 9.53 Å². The van der Waals surface area contributed by atoms with Crippen LogP contribution in [0.4, 0.5) is 0 Å². The molecule has 0 unspecified atom stereocenters. The number of benzene rings is 1. The molecule has 0 saturated heterocycles. The van der Waals surface area contributed by atoms with Crippen LogP contribution in [0.2, 0.25) is 0 Å². The van der Waals surface area contributed by atoms with E-state index < -0.39 is 0 Å². The van der Waals surface area contributed by atoms with Crippen LogP contribution in [0.5, 0.6) is 5.75 Å². The Morgan fingerprint density at radius 1 is 1.33 bits per heavy atom. The van der Waals surface area contributed by atoms with E-state index in [1.807, 2.05) is 31.2 Å². The Kier molecular flexibility index (Phi) is 5.46. The van der Waals surface area contributed by atoms with Gasteiger partial charge < -0.3 is 4.74 Å². The van der Waals surface area contributed by atoms with Gasteiger partial charge in [0.15, 0.2) is 0 Å². The maximum Gasteiger partial charge on any atom is 0.272 e. The van der Waals surface area contributed by atoms with Crippen molar-refractivity contribution in [2.75, 3.05) is 6.61 Å². The Hall–Kier alpha value is -2.69. The fraction of sp³-hybridized carbons (Fsp3) is 0.188. The first-order chi connectivity index (χ1) is 10.3. The highest BCUT2D eigenvalue weighted by molar-refractivity contribution is 5.94. The van der Waals surface area contributed by atoms with Crippen LogP contribution < -0.4 is 10.2 Å². The zero-order valence-corrected chi connectivity index (χ0v) is 11.8. The number of ether oxygens (including phenoxy) is 1. The topological polar surface area (TPSA) is 63.6 Å². The number of nitrogens with one attached hydrogen (secondary N) is 1. The Labute approximate surface area is 123 Å². The number of carbonyl (C=O) groups is 1. The number of amides is 1. The van der Waals surface area contributed by atoms with E-state index in [1.54, 1.807) is 24.5 Å². The van der Waals surface area contributed by atoms with Crippen molar-refractivity contribution in [3.8, 4) is 5.75 Å². The van der Waals surface area contributed by atoms with Crippen LogP contribution in [0.25, 0.3) is 0 Å². The quantitative estimate of drug-likeness (QED) is 0.654. The fourth-order valence-electron chi connectivity index (χ4n) is 1.65. The zero-order chi connectivity index (χ0) is 14.9. The molecule has 0 spiro atoms. The highest BCUT2D eigenvalue weighted by atomic mass is 16.5. The fourth-order valence-corrected chi connectivity index (χ4v) is 1.65. The third-order valence-electron chi connectivity index (χ3n) is 2.67. The molecule has 21 heavy (non-hydrogen) atoms. The molecule has 5 nitrogen and oxygen atoms in total. The number of aromatic nitrogens is 1. The van der Waals surface area contributed by atoms with E-state index in [-0.39, 0.29) is 5.91 Å². The molecule has 1 amide bonds. The van der Waals surface area contributed by atoms with Gasteiger partial charge in [-0.25, -0.2) is 5.43 Å². The maximum atomic E-state index is 11.8. The van der Waals surface area contributed by atoms with Gasteiger partial charge in [0.2, 0.25) is 0 Å². The summed E-state index contributed by atoms with van der Waals surface area (Å²) in [6.45, 7) is 2.69. The number of para-hydroxylation sites is 1. The van der Waals surface area contributed by atoms with Gasteiger partial charge in [0.25, 0.3) is 5.91 Å². The molecule has 108 valence electrons. The largest absolute Gasteiger partial charge is 0.493 e. The predicted octanol–water partition coefficient (Wildman–Crippen LogP) is 2.63. The Balaban J connectivity index is 2.00. The van der Waals surface area contributed by atoms with Crippen LogP contribution in [0.3, 0.4) is 0 Å². The van der Waals surface area contributed by atoms with E-state index in [1.165, 1.54) is 6.20 Å². The van der Waals surface area contributed by atoms with Crippen molar-refractivity contribution in [3.63, 3.8) is 0 Å². The molecule has 0 aliphatic carbocycles. The van der Waals surface area contributed by atoms with E-state index in [2.05, 4.69) is 15.5 Å². The van der Waals surface area contributed by atoms with Gasteiger partial charge in [-0.3, -0.25) is 9.78 Å². The lowest BCUT2D eigenvalue weighted by molar-refractivity contribution is 0.0954. The summed E-state index contributed by atoms with van der Waals surface area (Å²) in [4.78, 5) is 15.7. The van der Waals surface area contributed by atoms with E-state index in [0.717, 1.165) is 17.7 Å². The molecule has 2 aromatic rings. The lowest BCUT2D eigenvalue weighted by Gasteiger charge is -2.07. The zero-order valence-electron chi connectivity index (χ0n) is 11.8. The molecule has 0 radical (unpaired) electrons. The third-order valence-corrected chi connectivity index (χ3v) is 2.67. The van der Waals surface area contributed by atoms with Crippen molar-refractivity contribution in [1.82, 2.24) is 10.4 Å². The summed E-state index contributed by atoms with van der Waals surface area (Å²) in [6.07, 6.45) is 5.60. The lowest BCUT2D eigenvalue weighted by Crippen LogP contribution is -2.17. The van der Waals surface area contributed by atoms with Gasteiger partial charge in [-0.2, -0.15) is 5.10 Å². The second kappa shape index (κ2) is 7.79. The van der Waals surface area contributed by atoms with Crippen molar-refractivity contribution in [2.24, 2.45) is 5.10 Å². The Bertz CT molecular complexity index is 612. The molecule has 0 fully saturated rings. The lowest BCUT2D eigenvalue weighted by atomic mass is 10.2. The minimum atomic E-state index is -0.300. The SMILES string of the molecule is CCCOc1ccccc1/C=N\NC(=O)c1cccnc1. The molecule has 0 saturated carbocycles. The van der Waals surface area contributed by atoms with Gasteiger partial charge >= 0.3 is 0 Å². The monoisotopic (exact) mass is 283 g/mol. The highest BCUT2D eigenvalue weighted by Gasteiger charge is 2.03. The Morgan fingerprint density at radius 3 is 2.95 bits per heavy atom. The first-order valence-corrected chi connectivity index (χ1v) is 6.76. The van der Waals surface area contributed by atoms with Crippen LogP contribution >= 0.6 is 0 Å². The second-order valence-corrected chi connectivity index (χ2v) is 4.33. The van der Waals surface area contributed by atoms with Crippen molar-refractivity contribution >= 4 is 12.1 Å². The smallest absolute Gasteiger partial charge is 0.272 e. The van der Waals surface area contributed by atoms with Gasteiger partial charge in [0.1, 0.15) is 5.75 Å². The van der Waals surface area contributed by atoms with Crippen LogP contribution in [0, 0.1) is 0 Å². The summed E-state index contributed by atoms with van der Waals surface area (Å²) >= 11 is 0. The standard InChI is InChI=1S/C16H17N3O2/c1-2-10-21-15-8-4-3-6-13(15)12-18-19-16(20)14-7-5-9-17-11-14/h3-9,11-12H,2,10H2,1H3,(H,19,20)/b18-12-. The molecule has 1 aromatic carbocycles. The number of pyridine rings is 1. The molecular formula is C16H17N3O2. The van der Waals surface area contributed by atoms with E-state index in [4.69, 9.17) is 4.74 Å². The highest BCUT2D eigenvalue weighted by Crippen LogP contribution is 2.15. The first-order valence-electron chi connectivity index (χ1n) is 6.76. The van der Waals surface area contributed by atoms with E-state index >= 15 is 0 Å². The van der Waals surface area contributed by atoms with Crippen LogP contribution in [0.15, 0.2) is 53.9 Å². The molecule has 5 heteroatoms. The summed E-state index contributed by atoms with van der Waals surface area (Å²) in [5.74, 6) is 0.449. The number of hydrazone groups is 1. The van der Waals surface area contributed by atoms with Gasteiger partial charge in [-0.15, -0.1) is 0 Å². The van der Waals surface area contributed by atoms with Gasteiger partial charge in [-0.05, 0) is 30.7 Å². The summed E-state index contributed by atoms with van der Waals surface area (Å²) in [7, 11) is 0. The molecule has 1 N–H and O–H groups in total. The van der Waals surface area contributed by atoms with Crippen molar-refractivity contribution in [2.45, 2.75) is 13.3 Å². The van der Waals surface area contributed by atoms with Crippen LogP contribution in [-0.4, -0.2) is 23.7 Å². The molecule has 0 aliphatic heterocycles. The molecular weight excluding hydrogens is 266 g/mol. The third kappa shape index (κ3) is 4.42. The van der Waals surface area contributed by atoms with E-state index in [0.29, 0.717) is 12.2 Å². The molecule has 1 aromatic heterocycles. The number of carbonyl (C=O) groups excluding carboxylic acids is 1. The van der Waals surface area contributed by atoms with Crippen LogP contribution in [-0.2, 0) is 0 Å². The van der Waals surface area contributed by atoms with Gasteiger partial charge in [0, 0.05) is 18.0 Å². The normalized spacial score (nSPS) is 10.5. The van der Waals surface area contributed by atoms with Crippen molar-refractivity contribution in [3.05, 3.63) is 59.9 Å². The summed E-state index contributed by atoms with van der Waals surface area (Å²) in [5, 5.41) is 3.95. The minimum absolute atomic E-state index is 0.300. The summed E-state index contributed by atoms with van der Waals surface area (Å²) < 4.78 is 5.61. The number of hydrogen-bond acceptors (Lipinski definition) is 4. The minimum Gasteiger partial charge on any atom is -0.493 e. The molecule has 0 bridgehead atoms. The average molecular weight is 283 g/mol. The summed E-state index contributed by atoms with van der Waals surface area (Å²) in [6, 6.07) is 10.9. The molecule has 0 atom stereocenters. The van der Waals surface area contributed by atoms with E-state index in [9.17, 15) is 4.79 Å². The summed E-state index contributed by atoms with van der Waals surface area (Å²) in [5.41, 5.74) is 3.75. The molecule has 0 aliphatic rings. The number of nitrogens with zero attached hydrogens (tertiary/aromatic N) is 2. The second-order valence-electron chi connectivity index (χ2n) is 4.33. The average Bonchev–Trinajstić information content (AvgIpc) is 2.54. The van der Waals surface area contributed by atoms with Crippen molar-refractivity contribution in [1.29, 1.82) is 0 Å². The first kappa shape index (κ1) is 14.7. The predicted molar refractivity (Wildman–Crippen MR) is 81.5 cm³/mol. The Morgan fingerprint density at radius 2 is 2.19 bits per heavy atom. The maximum absolute atomic E-state index is 11.8. The number of hydrogen-bond donors (Lipinski definition) is 1. The van der Waals surface area contributed by atoms with Gasteiger partial charge in [0.05, 0.1) is 18.4 Å². The molecule has 1 heterocycles. The van der Waals surface area contributed by atoms with Gasteiger partial charge in [-0.1, -0.05) is 19.1 Å². The van der Waals surface area contributed by atoms with Crippen LogP contribution in [0.1, 0.15) is 29.3 Å². The molecule has 2 rings (SSSR count). The number of rotatable bonds is 6.